The van der Waals surface area contributed by atoms with Gasteiger partial charge in [0.05, 0.1) is 16.3 Å². The number of benzene rings is 2. The highest BCUT2D eigenvalue weighted by atomic mass is 32.2. The molecule has 1 aliphatic heterocycles. The van der Waals surface area contributed by atoms with Crippen LogP contribution in [0.25, 0.3) is 0 Å². The molecule has 2 aromatic carbocycles. The van der Waals surface area contributed by atoms with Crippen LogP contribution >= 0.6 is 11.8 Å². The fourth-order valence-electron chi connectivity index (χ4n) is 4.14. The number of nitrogens with one attached hydrogen (secondary N) is 1. The van der Waals surface area contributed by atoms with Crippen LogP contribution in [0.4, 0.5) is 0 Å². The fraction of sp³-hybridized carbons (Fsp3) is 0.296. The van der Waals surface area contributed by atoms with Crippen molar-refractivity contribution in [1.82, 2.24) is 15.2 Å². The van der Waals surface area contributed by atoms with Gasteiger partial charge in [0.2, 0.25) is 5.91 Å². The number of aromatic nitrogens is 1. The van der Waals surface area contributed by atoms with Crippen LogP contribution in [0.1, 0.15) is 46.7 Å². The van der Waals surface area contributed by atoms with Crippen LogP contribution in [-0.2, 0) is 4.79 Å². The molecule has 0 radical (unpaired) electrons. The minimum absolute atomic E-state index is 0.0149. The average molecular weight is 460 g/mol. The van der Waals surface area contributed by atoms with E-state index in [1.807, 2.05) is 23.1 Å². The fourth-order valence-corrected chi connectivity index (χ4v) is 4.81. The Balaban J connectivity index is 1.25. The summed E-state index contributed by atoms with van der Waals surface area (Å²) in [6, 6.07) is 24.4. The molecule has 1 N–H and O–H groups in total. The highest BCUT2D eigenvalue weighted by molar-refractivity contribution is 7.99. The summed E-state index contributed by atoms with van der Waals surface area (Å²) in [4.78, 5) is 31.1. The molecule has 33 heavy (non-hydrogen) atoms. The van der Waals surface area contributed by atoms with Crippen LogP contribution in [-0.4, -0.2) is 47.1 Å². The molecule has 6 heteroatoms. The zero-order chi connectivity index (χ0) is 22.9. The van der Waals surface area contributed by atoms with Crippen molar-refractivity contribution in [2.75, 3.05) is 25.4 Å². The number of carbonyl (C=O) groups is 2. The van der Waals surface area contributed by atoms with Gasteiger partial charge in [0, 0.05) is 31.7 Å². The molecule has 0 atom stereocenters. The first-order chi connectivity index (χ1) is 16.2. The quantitative estimate of drug-likeness (QED) is 0.469. The van der Waals surface area contributed by atoms with Crippen LogP contribution in [0.15, 0.2) is 84.0 Å². The van der Waals surface area contributed by atoms with Gasteiger partial charge in [-0.25, -0.2) is 4.98 Å². The standard InChI is InChI=1S/C27H29N3O2S/c31-25(20-33-26-14-13-23(19-29-26)27(32)30-17-7-8-18-30)28-16-15-24(21-9-3-1-4-10-21)22-11-5-2-6-12-22/h1-6,9-14,19,24H,7-8,15-18,20H2,(H,28,31). The number of thioether (sulfide) groups is 1. The Kier molecular flexibility index (Phi) is 8.14. The number of carbonyl (C=O) groups excluding carboxylic acids is 2. The Morgan fingerprint density at radius 3 is 2.12 bits per heavy atom. The van der Waals surface area contributed by atoms with E-state index in [2.05, 4.69) is 58.8 Å². The maximum Gasteiger partial charge on any atom is 0.255 e. The second-order valence-corrected chi connectivity index (χ2v) is 9.18. The molecule has 0 spiro atoms. The van der Waals surface area contributed by atoms with E-state index in [1.54, 1.807) is 12.3 Å². The van der Waals surface area contributed by atoms with E-state index in [9.17, 15) is 9.59 Å². The molecule has 1 fully saturated rings. The predicted octanol–water partition coefficient (Wildman–Crippen LogP) is 4.75. The Bertz CT molecular complexity index is 996. The van der Waals surface area contributed by atoms with Gasteiger partial charge in [-0.15, -0.1) is 0 Å². The van der Waals surface area contributed by atoms with E-state index >= 15 is 0 Å². The number of hydrogen-bond donors (Lipinski definition) is 1. The van der Waals surface area contributed by atoms with Crippen LogP contribution in [0.2, 0.25) is 0 Å². The van der Waals surface area contributed by atoms with Crippen molar-refractivity contribution >= 4 is 23.6 Å². The lowest BCUT2D eigenvalue weighted by Gasteiger charge is -2.18. The van der Waals surface area contributed by atoms with Crippen LogP contribution in [0.3, 0.4) is 0 Å². The van der Waals surface area contributed by atoms with E-state index in [0.717, 1.165) is 37.4 Å². The van der Waals surface area contributed by atoms with Gasteiger partial charge in [-0.05, 0) is 42.5 Å². The largest absolute Gasteiger partial charge is 0.355 e. The summed E-state index contributed by atoms with van der Waals surface area (Å²) in [5, 5.41) is 3.79. The molecule has 2 heterocycles. The van der Waals surface area contributed by atoms with Gasteiger partial charge in [0.15, 0.2) is 0 Å². The molecule has 170 valence electrons. The van der Waals surface area contributed by atoms with Crippen molar-refractivity contribution in [2.24, 2.45) is 0 Å². The molecule has 2 amide bonds. The molecular formula is C27H29N3O2S. The number of likely N-dealkylation sites (tertiary alicyclic amines) is 1. The van der Waals surface area contributed by atoms with Crippen LogP contribution in [0.5, 0.6) is 0 Å². The van der Waals surface area contributed by atoms with E-state index < -0.39 is 0 Å². The number of hydrogen-bond acceptors (Lipinski definition) is 4. The third kappa shape index (κ3) is 6.45. The molecule has 5 nitrogen and oxygen atoms in total. The SMILES string of the molecule is O=C(CSc1ccc(C(=O)N2CCCC2)cn1)NCCC(c1ccccc1)c1ccccc1. The summed E-state index contributed by atoms with van der Waals surface area (Å²) in [6.07, 6.45) is 4.58. The van der Waals surface area contributed by atoms with Gasteiger partial charge >= 0.3 is 0 Å². The van der Waals surface area contributed by atoms with Crippen LogP contribution in [0, 0.1) is 0 Å². The summed E-state index contributed by atoms with van der Waals surface area (Å²) >= 11 is 1.38. The average Bonchev–Trinajstić information content (AvgIpc) is 3.41. The monoisotopic (exact) mass is 459 g/mol. The summed E-state index contributed by atoms with van der Waals surface area (Å²) in [5.74, 6) is 0.565. The van der Waals surface area contributed by atoms with Gasteiger partial charge in [-0.1, -0.05) is 72.4 Å². The van der Waals surface area contributed by atoms with Gasteiger partial charge in [0.1, 0.15) is 0 Å². The normalized spacial score (nSPS) is 13.3. The van der Waals surface area contributed by atoms with E-state index in [4.69, 9.17) is 0 Å². The molecule has 4 rings (SSSR count). The van der Waals surface area contributed by atoms with Crippen molar-refractivity contribution in [2.45, 2.75) is 30.2 Å². The predicted molar refractivity (Wildman–Crippen MR) is 132 cm³/mol. The molecule has 0 saturated carbocycles. The van der Waals surface area contributed by atoms with Gasteiger partial charge in [-0.3, -0.25) is 9.59 Å². The lowest BCUT2D eigenvalue weighted by molar-refractivity contribution is -0.118. The Morgan fingerprint density at radius 2 is 1.55 bits per heavy atom. The third-order valence-electron chi connectivity index (χ3n) is 5.89. The first kappa shape index (κ1) is 23.1. The molecule has 1 aromatic heterocycles. The maximum absolute atomic E-state index is 12.4. The number of amides is 2. The summed E-state index contributed by atoms with van der Waals surface area (Å²) in [6.45, 7) is 2.25. The van der Waals surface area contributed by atoms with Crippen molar-refractivity contribution in [1.29, 1.82) is 0 Å². The minimum atomic E-state index is -0.0149. The third-order valence-corrected chi connectivity index (χ3v) is 6.83. The zero-order valence-electron chi connectivity index (χ0n) is 18.7. The van der Waals surface area contributed by atoms with Crippen molar-refractivity contribution in [3.63, 3.8) is 0 Å². The second-order valence-electron chi connectivity index (χ2n) is 8.19. The summed E-state index contributed by atoms with van der Waals surface area (Å²) in [5.41, 5.74) is 3.11. The molecule has 0 aliphatic carbocycles. The highest BCUT2D eigenvalue weighted by Gasteiger charge is 2.19. The van der Waals surface area contributed by atoms with E-state index in [1.165, 1.54) is 22.9 Å². The molecule has 0 bridgehead atoms. The Labute approximate surface area is 199 Å². The molecular weight excluding hydrogens is 430 g/mol. The zero-order valence-corrected chi connectivity index (χ0v) is 19.5. The number of pyridine rings is 1. The first-order valence-corrected chi connectivity index (χ1v) is 12.4. The van der Waals surface area contributed by atoms with Crippen molar-refractivity contribution < 1.29 is 9.59 Å². The minimum Gasteiger partial charge on any atom is -0.355 e. The van der Waals surface area contributed by atoms with Gasteiger partial charge in [-0.2, -0.15) is 0 Å². The Hall–Kier alpha value is -3.12. The molecule has 0 unspecified atom stereocenters. The first-order valence-electron chi connectivity index (χ1n) is 11.5. The summed E-state index contributed by atoms with van der Waals surface area (Å²) in [7, 11) is 0. The smallest absolute Gasteiger partial charge is 0.255 e. The summed E-state index contributed by atoms with van der Waals surface area (Å²) < 4.78 is 0. The number of nitrogens with zero attached hydrogens (tertiary/aromatic N) is 2. The van der Waals surface area contributed by atoms with E-state index in [-0.39, 0.29) is 17.7 Å². The van der Waals surface area contributed by atoms with Gasteiger partial charge in [0.25, 0.3) is 5.91 Å². The molecule has 3 aromatic rings. The maximum atomic E-state index is 12.4. The second kappa shape index (κ2) is 11.7. The molecule has 1 saturated heterocycles. The topological polar surface area (TPSA) is 62.3 Å². The van der Waals surface area contributed by atoms with E-state index in [0.29, 0.717) is 17.9 Å². The lowest BCUT2D eigenvalue weighted by Crippen LogP contribution is -2.28. The van der Waals surface area contributed by atoms with Crippen LogP contribution < -0.4 is 5.32 Å². The Morgan fingerprint density at radius 1 is 0.909 bits per heavy atom. The lowest BCUT2D eigenvalue weighted by atomic mass is 9.88. The van der Waals surface area contributed by atoms with Crippen molar-refractivity contribution in [3.05, 3.63) is 95.7 Å². The van der Waals surface area contributed by atoms with Crippen molar-refractivity contribution in [3.8, 4) is 0 Å². The number of rotatable bonds is 9. The highest BCUT2D eigenvalue weighted by Crippen LogP contribution is 2.27. The molecule has 1 aliphatic rings. The van der Waals surface area contributed by atoms with Gasteiger partial charge < -0.3 is 10.2 Å².